The third-order valence-corrected chi connectivity index (χ3v) is 4.43. The maximum Gasteiger partial charge on any atom is 0.338 e. The van der Waals surface area contributed by atoms with Crippen LogP contribution in [-0.2, 0) is 15.6 Å². The summed E-state index contributed by atoms with van der Waals surface area (Å²) in [5.41, 5.74) is -0.276. The van der Waals surface area contributed by atoms with Crippen molar-refractivity contribution in [1.82, 2.24) is 0 Å². The molecule has 0 atom stereocenters. The van der Waals surface area contributed by atoms with E-state index >= 15 is 0 Å². The molecule has 0 amide bonds. The molecule has 2 aromatic rings. The van der Waals surface area contributed by atoms with Crippen LogP contribution in [0.25, 0.3) is 0 Å². The van der Waals surface area contributed by atoms with Crippen molar-refractivity contribution in [1.29, 1.82) is 0 Å². The van der Waals surface area contributed by atoms with Gasteiger partial charge >= 0.3 is 5.97 Å². The van der Waals surface area contributed by atoms with Crippen molar-refractivity contribution in [3.05, 3.63) is 65.5 Å². The van der Waals surface area contributed by atoms with Gasteiger partial charge in [0.05, 0.1) is 16.2 Å². The number of sulfone groups is 1. The highest BCUT2D eigenvalue weighted by molar-refractivity contribution is 7.90. The van der Waals surface area contributed by atoms with Crippen molar-refractivity contribution in [2.75, 3.05) is 0 Å². The zero-order valence-electron chi connectivity index (χ0n) is 10.3. The Morgan fingerprint density at radius 2 is 1.75 bits per heavy atom. The highest BCUT2D eigenvalue weighted by atomic mass is 32.2. The van der Waals surface area contributed by atoms with Crippen LogP contribution < -0.4 is 0 Å². The molecule has 2 rings (SSSR count). The van der Waals surface area contributed by atoms with Crippen LogP contribution in [0.4, 0.5) is 4.39 Å². The maximum atomic E-state index is 13.5. The lowest BCUT2D eigenvalue weighted by atomic mass is 10.1. The topological polar surface area (TPSA) is 71.4 Å². The Bertz CT molecular complexity index is 739. The summed E-state index contributed by atoms with van der Waals surface area (Å²) >= 11 is 0. The van der Waals surface area contributed by atoms with Gasteiger partial charge in [-0.1, -0.05) is 24.3 Å². The van der Waals surface area contributed by atoms with Crippen LogP contribution >= 0.6 is 0 Å². The van der Waals surface area contributed by atoms with Gasteiger partial charge in [0.2, 0.25) is 0 Å². The lowest BCUT2D eigenvalue weighted by Crippen LogP contribution is -2.07. The van der Waals surface area contributed by atoms with Crippen LogP contribution in [-0.4, -0.2) is 19.5 Å². The molecule has 2 aromatic carbocycles. The highest BCUT2D eigenvalue weighted by Gasteiger charge is 2.17. The van der Waals surface area contributed by atoms with Crippen LogP contribution in [0.5, 0.6) is 0 Å². The number of hydrogen-bond acceptors (Lipinski definition) is 3. The molecule has 0 bridgehead atoms. The molecule has 0 heterocycles. The van der Waals surface area contributed by atoms with Gasteiger partial charge < -0.3 is 5.11 Å². The van der Waals surface area contributed by atoms with E-state index in [1.165, 1.54) is 18.2 Å². The van der Waals surface area contributed by atoms with E-state index < -0.39 is 27.2 Å². The normalized spacial score (nSPS) is 11.2. The van der Waals surface area contributed by atoms with Crippen molar-refractivity contribution < 1.29 is 22.7 Å². The molecule has 0 aliphatic carbocycles. The van der Waals surface area contributed by atoms with E-state index in [-0.39, 0.29) is 16.2 Å². The monoisotopic (exact) mass is 294 g/mol. The zero-order valence-corrected chi connectivity index (χ0v) is 11.1. The molecule has 0 fully saturated rings. The Balaban J connectivity index is 2.31. The second-order valence-corrected chi connectivity index (χ2v) is 6.18. The second-order valence-electron chi connectivity index (χ2n) is 4.19. The molecule has 6 heteroatoms. The van der Waals surface area contributed by atoms with Crippen molar-refractivity contribution in [3.8, 4) is 0 Å². The number of carboxylic acid groups (broad SMARTS) is 1. The van der Waals surface area contributed by atoms with Gasteiger partial charge in [-0.15, -0.1) is 0 Å². The Morgan fingerprint density at radius 3 is 2.30 bits per heavy atom. The van der Waals surface area contributed by atoms with E-state index in [1.54, 1.807) is 18.2 Å². The summed E-state index contributed by atoms with van der Waals surface area (Å²) in [4.78, 5) is 10.8. The molecular formula is C14H11FO4S. The van der Waals surface area contributed by atoms with Gasteiger partial charge in [0.1, 0.15) is 5.82 Å². The lowest BCUT2D eigenvalue weighted by Gasteiger charge is -2.06. The van der Waals surface area contributed by atoms with Crippen LogP contribution in [0.3, 0.4) is 0 Å². The van der Waals surface area contributed by atoms with Crippen molar-refractivity contribution in [2.24, 2.45) is 0 Å². The minimum absolute atomic E-state index is 0.141. The van der Waals surface area contributed by atoms with Gasteiger partial charge in [-0.25, -0.2) is 17.6 Å². The van der Waals surface area contributed by atoms with Crippen LogP contribution in [0, 0.1) is 5.82 Å². The van der Waals surface area contributed by atoms with Crippen molar-refractivity contribution in [2.45, 2.75) is 10.6 Å². The quantitative estimate of drug-likeness (QED) is 0.940. The summed E-state index contributed by atoms with van der Waals surface area (Å²) in [6.45, 7) is 0. The Morgan fingerprint density at radius 1 is 1.10 bits per heavy atom. The van der Waals surface area contributed by atoms with E-state index in [4.69, 9.17) is 5.11 Å². The summed E-state index contributed by atoms with van der Waals surface area (Å²) in [6, 6.07) is 11.1. The molecule has 0 saturated carbocycles. The predicted octanol–water partition coefficient (Wildman–Crippen LogP) is 2.50. The second kappa shape index (κ2) is 5.42. The molecule has 0 aliphatic rings. The van der Waals surface area contributed by atoms with E-state index in [0.717, 1.165) is 12.1 Å². The fraction of sp³-hybridized carbons (Fsp3) is 0.0714. The van der Waals surface area contributed by atoms with Gasteiger partial charge in [-0.3, -0.25) is 0 Å². The fourth-order valence-corrected chi connectivity index (χ4v) is 3.11. The molecule has 0 unspecified atom stereocenters. The first-order valence-electron chi connectivity index (χ1n) is 5.70. The molecule has 0 radical (unpaired) electrons. The highest BCUT2D eigenvalue weighted by Crippen LogP contribution is 2.18. The number of carbonyl (C=O) groups is 1. The molecule has 104 valence electrons. The number of aromatic carboxylic acids is 1. The Hall–Kier alpha value is -2.21. The molecule has 0 aliphatic heterocycles. The molecule has 0 spiro atoms. The van der Waals surface area contributed by atoms with Gasteiger partial charge in [0.25, 0.3) is 0 Å². The molecular weight excluding hydrogens is 283 g/mol. The number of benzene rings is 2. The summed E-state index contributed by atoms with van der Waals surface area (Å²) in [5, 5.41) is 8.71. The van der Waals surface area contributed by atoms with Crippen LogP contribution in [0.15, 0.2) is 53.4 Å². The van der Waals surface area contributed by atoms with Gasteiger partial charge in [0.15, 0.2) is 9.84 Å². The van der Waals surface area contributed by atoms with Crippen LogP contribution in [0.2, 0.25) is 0 Å². The van der Waals surface area contributed by atoms with Crippen molar-refractivity contribution >= 4 is 15.8 Å². The number of rotatable bonds is 4. The Labute approximate surface area is 115 Å². The first-order chi connectivity index (χ1) is 9.40. The smallest absolute Gasteiger partial charge is 0.338 e. The van der Waals surface area contributed by atoms with Gasteiger partial charge in [-0.05, 0) is 29.8 Å². The maximum absolute atomic E-state index is 13.5. The average molecular weight is 294 g/mol. The van der Waals surface area contributed by atoms with E-state index in [1.807, 2.05) is 0 Å². The zero-order chi connectivity index (χ0) is 14.8. The first-order valence-corrected chi connectivity index (χ1v) is 7.35. The van der Waals surface area contributed by atoms with E-state index in [9.17, 15) is 17.6 Å². The summed E-state index contributed by atoms with van der Waals surface area (Å²) in [5.74, 6) is -2.72. The number of halogens is 1. The van der Waals surface area contributed by atoms with Gasteiger partial charge in [-0.2, -0.15) is 0 Å². The molecule has 4 nitrogen and oxygen atoms in total. The summed E-state index contributed by atoms with van der Waals surface area (Å²) in [7, 11) is -3.58. The largest absolute Gasteiger partial charge is 0.478 e. The first kappa shape index (κ1) is 14.2. The lowest BCUT2D eigenvalue weighted by molar-refractivity contribution is 0.0692. The minimum atomic E-state index is -3.58. The summed E-state index contributed by atoms with van der Waals surface area (Å²) < 4.78 is 37.7. The van der Waals surface area contributed by atoms with Crippen LogP contribution in [0.1, 0.15) is 15.9 Å². The SMILES string of the molecule is O=C(O)c1ccc(CS(=O)(=O)c2ccccc2)cc1F. The fourth-order valence-electron chi connectivity index (χ4n) is 1.75. The standard InChI is InChI=1S/C14H11FO4S/c15-13-8-10(6-7-12(13)14(16)17)9-20(18,19)11-4-2-1-3-5-11/h1-8H,9H2,(H,16,17). The molecule has 20 heavy (non-hydrogen) atoms. The van der Waals surface area contributed by atoms with Crippen molar-refractivity contribution in [3.63, 3.8) is 0 Å². The van der Waals surface area contributed by atoms with E-state index in [2.05, 4.69) is 0 Å². The predicted molar refractivity (Wildman–Crippen MR) is 70.7 cm³/mol. The summed E-state index contributed by atoms with van der Waals surface area (Å²) in [6.07, 6.45) is 0. The average Bonchev–Trinajstić information content (AvgIpc) is 2.39. The third-order valence-electron chi connectivity index (χ3n) is 2.72. The molecule has 0 saturated heterocycles. The molecule has 1 N–H and O–H groups in total. The van der Waals surface area contributed by atoms with E-state index in [0.29, 0.717) is 0 Å². The van der Waals surface area contributed by atoms with Gasteiger partial charge in [0, 0.05) is 0 Å². The third kappa shape index (κ3) is 3.03. The minimum Gasteiger partial charge on any atom is -0.478 e. The number of carboxylic acids is 1. The number of hydrogen-bond donors (Lipinski definition) is 1. The Kier molecular flexibility index (Phi) is 3.85. The molecule has 0 aromatic heterocycles.